The number of hydrogen-bond acceptors (Lipinski definition) is 6. The van der Waals surface area contributed by atoms with Crippen LogP contribution in [0.5, 0.6) is 0 Å². The van der Waals surface area contributed by atoms with Crippen LogP contribution in [0.3, 0.4) is 0 Å². The average Bonchev–Trinajstić information content (AvgIpc) is 2.66. The molecule has 1 rings (SSSR count). The topological polar surface area (TPSA) is 78.0 Å². The van der Waals surface area contributed by atoms with Gasteiger partial charge in [-0.15, -0.1) is 10.2 Å². The lowest BCUT2D eigenvalue weighted by Gasteiger charge is -2.07. The predicted molar refractivity (Wildman–Crippen MR) is 62.2 cm³/mol. The first kappa shape index (κ1) is 12.5. The average molecular weight is 240 g/mol. The highest BCUT2D eigenvalue weighted by Crippen LogP contribution is 2.15. The Hall–Kier alpha value is -1.55. The second-order valence-electron chi connectivity index (χ2n) is 2.93. The zero-order valence-electron chi connectivity index (χ0n) is 9.13. The molecule has 0 N–H and O–H groups in total. The number of ether oxygens (including phenoxy) is 1. The van der Waals surface area contributed by atoms with Gasteiger partial charge >= 0.3 is 5.97 Å². The maximum Gasteiger partial charge on any atom is 0.369 e. The van der Waals surface area contributed by atoms with Gasteiger partial charge in [0.15, 0.2) is 5.17 Å². The maximum atomic E-state index is 11.2. The van der Waals surface area contributed by atoms with Crippen LogP contribution in [0.15, 0.2) is 10.2 Å². The molecule has 0 spiro atoms. The van der Waals surface area contributed by atoms with Gasteiger partial charge in [0, 0.05) is 19.3 Å². The third kappa shape index (κ3) is 3.24. The van der Waals surface area contributed by atoms with Crippen molar-refractivity contribution >= 4 is 28.6 Å². The molecular formula is C9H12N4O2S. The Kier molecular flexibility index (Phi) is 4.79. The summed E-state index contributed by atoms with van der Waals surface area (Å²) in [6.07, 6.45) is 0. The molecule has 0 unspecified atom stereocenters. The van der Waals surface area contributed by atoms with Crippen LogP contribution >= 0.6 is 11.8 Å². The molecule has 7 heteroatoms. The zero-order valence-corrected chi connectivity index (χ0v) is 9.95. The Morgan fingerprint density at radius 2 is 2.50 bits per heavy atom. The number of rotatable bonds is 3. The van der Waals surface area contributed by atoms with E-state index in [-0.39, 0.29) is 12.3 Å². The third-order valence-corrected chi connectivity index (χ3v) is 2.83. The SMILES string of the molecule is CCOC(=O)/C(C#N)=N\N=C1/SCCN1C. The van der Waals surface area contributed by atoms with Gasteiger partial charge in [0.2, 0.25) is 5.71 Å². The van der Waals surface area contributed by atoms with Gasteiger partial charge in [-0.1, -0.05) is 11.8 Å². The molecule has 6 nitrogen and oxygen atoms in total. The molecular weight excluding hydrogens is 228 g/mol. The van der Waals surface area contributed by atoms with Crippen molar-refractivity contribution in [1.29, 1.82) is 5.26 Å². The first-order valence-electron chi connectivity index (χ1n) is 4.75. The van der Waals surface area contributed by atoms with E-state index < -0.39 is 5.97 Å². The summed E-state index contributed by atoms with van der Waals surface area (Å²) in [7, 11) is 1.88. The van der Waals surface area contributed by atoms with E-state index in [0.29, 0.717) is 5.17 Å². The molecule has 1 aliphatic heterocycles. The minimum atomic E-state index is -0.736. The number of nitrogens with zero attached hydrogens (tertiary/aromatic N) is 4. The van der Waals surface area contributed by atoms with E-state index in [1.54, 1.807) is 13.0 Å². The quantitative estimate of drug-likeness (QED) is 0.407. The molecule has 0 radical (unpaired) electrons. The summed E-state index contributed by atoms with van der Waals surface area (Å²) in [5.41, 5.74) is -0.324. The summed E-state index contributed by atoms with van der Waals surface area (Å²) >= 11 is 1.54. The van der Waals surface area contributed by atoms with Gasteiger partial charge in [-0.05, 0) is 6.92 Å². The van der Waals surface area contributed by atoms with Gasteiger partial charge in [-0.25, -0.2) is 4.79 Å². The van der Waals surface area contributed by atoms with Gasteiger partial charge in [0.25, 0.3) is 0 Å². The second kappa shape index (κ2) is 6.12. The van der Waals surface area contributed by atoms with Crippen molar-refractivity contribution in [3.63, 3.8) is 0 Å². The van der Waals surface area contributed by atoms with Gasteiger partial charge in [-0.2, -0.15) is 5.26 Å². The van der Waals surface area contributed by atoms with Crippen molar-refractivity contribution in [2.75, 3.05) is 26.0 Å². The molecule has 16 heavy (non-hydrogen) atoms. The zero-order chi connectivity index (χ0) is 12.0. The number of hydrogen-bond donors (Lipinski definition) is 0. The Bertz CT molecular complexity index is 372. The van der Waals surface area contributed by atoms with E-state index in [0.717, 1.165) is 12.3 Å². The van der Waals surface area contributed by atoms with Crippen LogP contribution in [0.25, 0.3) is 0 Å². The van der Waals surface area contributed by atoms with E-state index in [1.807, 2.05) is 11.9 Å². The molecule has 0 aromatic rings. The normalized spacial score (nSPS) is 18.7. The van der Waals surface area contributed by atoms with Gasteiger partial charge in [0.05, 0.1) is 6.61 Å². The maximum absolute atomic E-state index is 11.2. The van der Waals surface area contributed by atoms with E-state index in [4.69, 9.17) is 5.26 Å². The Morgan fingerprint density at radius 1 is 1.75 bits per heavy atom. The number of esters is 1. The molecule has 0 bridgehead atoms. The number of amidine groups is 1. The highest BCUT2D eigenvalue weighted by atomic mass is 32.2. The Labute approximate surface area is 98.0 Å². The molecule has 1 fully saturated rings. The van der Waals surface area contributed by atoms with Crippen molar-refractivity contribution < 1.29 is 9.53 Å². The van der Waals surface area contributed by atoms with Crippen LogP contribution in [-0.4, -0.2) is 47.7 Å². The monoisotopic (exact) mass is 240 g/mol. The molecule has 0 amide bonds. The lowest BCUT2D eigenvalue weighted by Crippen LogP contribution is -2.19. The number of carbonyl (C=O) groups excluding carboxylic acids is 1. The summed E-state index contributed by atoms with van der Waals surface area (Å²) in [6, 6.07) is 1.67. The molecule has 1 saturated heterocycles. The Morgan fingerprint density at radius 3 is 3.00 bits per heavy atom. The fourth-order valence-corrected chi connectivity index (χ4v) is 1.94. The standard InChI is InChI=1S/C9H12N4O2S/c1-3-15-8(14)7(6-10)11-12-9-13(2)4-5-16-9/h3-5H2,1-2H3/b11-7-,12-9-. The summed E-state index contributed by atoms with van der Waals surface area (Å²) in [5.74, 6) is 0.201. The molecule has 0 atom stereocenters. The summed E-state index contributed by atoms with van der Waals surface area (Å²) in [6.45, 7) is 2.77. The fourth-order valence-electron chi connectivity index (χ4n) is 0.986. The van der Waals surface area contributed by atoms with Gasteiger partial charge in [0.1, 0.15) is 6.07 Å². The summed E-state index contributed by atoms with van der Waals surface area (Å²) < 4.78 is 4.66. The largest absolute Gasteiger partial charge is 0.461 e. The molecule has 0 aromatic carbocycles. The van der Waals surface area contributed by atoms with Crippen molar-refractivity contribution in [2.45, 2.75) is 6.92 Å². The van der Waals surface area contributed by atoms with Gasteiger partial charge < -0.3 is 9.64 Å². The summed E-state index contributed by atoms with van der Waals surface area (Å²) in [5, 5.41) is 16.8. The van der Waals surface area contributed by atoms with Crippen molar-refractivity contribution in [1.82, 2.24) is 4.90 Å². The van der Waals surface area contributed by atoms with Crippen LogP contribution < -0.4 is 0 Å². The molecule has 0 saturated carbocycles. The number of thioether (sulfide) groups is 1. The first-order chi connectivity index (χ1) is 7.69. The van der Waals surface area contributed by atoms with E-state index in [9.17, 15) is 4.79 Å². The predicted octanol–water partition coefficient (Wildman–Crippen LogP) is 0.464. The number of nitriles is 1. The third-order valence-electron chi connectivity index (χ3n) is 1.79. The second-order valence-corrected chi connectivity index (χ2v) is 4.00. The minimum Gasteiger partial charge on any atom is -0.461 e. The molecule has 1 heterocycles. The van der Waals surface area contributed by atoms with Crippen LogP contribution in [-0.2, 0) is 9.53 Å². The highest BCUT2D eigenvalue weighted by Gasteiger charge is 2.16. The lowest BCUT2D eigenvalue weighted by atomic mass is 10.4. The molecule has 0 aromatic heterocycles. The van der Waals surface area contributed by atoms with Crippen molar-refractivity contribution in [3.05, 3.63) is 0 Å². The minimum absolute atomic E-state index is 0.213. The highest BCUT2D eigenvalue weighted by molar-refractivity contribution is 8.14. The smallest absolute Gasteiger partial charge is 0.369 e. The number of carbonyl (C=O) groups is 1. The van der Waals surface area contributed by atoms with Crippen molar-refractivity contribution in [2.24, 2.45) is 10.2 Å². The van der Waals surface area contributed by atoms with E-state index in [1.165, 1.54) is 11.8 Å². The van der Waals surface area contributed by atoms with Crippen LogP contribution in [0, 0.1) is 11.3 Å². The van der Waals surface area contributed by atoms with Crippen LogP contribution in [0.1, 0.15) is 6.92 Å². The van der Waals surface area contributed by atoms with E-state index >= 15 is 0 Å². The van der Waals surface area contributed by atoms with Crippen LogP contribution in [0.4, 0.5) is 0 Å². The van der Waals surface area contributed by atoms with Crippen LogP contribution in [0.2, 0.25) is 0 Å². The van der Waals surface area contributed by atoms with E-state index in [2.05, 4.69) is 14.9 Å². The summed E-state index contributed by atoms with van der Waals surface area (Å²) in [4.78, 5) is 13.1. The lowest BCUT2D eigenvalue weighted by molar-refractivity contribution is -0.134. The molecule has 1 aliphatic rings. The molecule has 86 valence electrons. The first-order valence-corrected chi connectivity index (χ1v) is 5.74. The fraction of sp³-hybridized carbons (Fsp3) is 0.556. The van der Waals surface area contributed by atoms with Crippen molar-refractivity contribution in [3.8, 4) is 6.07 Å². The molecule has 0 aliphatic carbocycles. The van der Waals surface area contributed by atoms with Gasteiger partial charge in [-0.3, -0.25) is 0 Å². The Balaban J connectivity index is 2.74.